The van der Waals surface area contributed by atoms with Gasteiger partial charge in [0.15, 0.2) is 0 Å². The van der Waals surface area contributed by atoms with E-state index in [1.165, 1.54) is 29.5 Å². The highest BCUT2D eigenvalue weighted by molar-refractivity contribution is 5.23. The fraction of sp³-hybridized carbons (Fsp3) is 0.400. The molecule has 2 N–H and O–H groups in total. The van der Waals surface area contributed by atoms with Gasteiger partial charge in [-0.25, -0.2) is 0 Å². The fourth-order valence-corrected chi connectivity index (χ4v) is 3.58. The standard InChI is InChI=1S/C20H25N/c1-15-7-9-16(10-8-15)13-19-14-18(11-12-20(19)21)17-5-3-2-4-6-17/h2-10,18-20H,11-14,21H2,1H3. The van der Waals surface area contributed by atoms with E-state index >= 15 is 0 Å². The molecule has 1 saturated carbocycles. The van der Waals surface area contributed by atoms with Crippen molar-refractivity contribution in [2.24, 2.45) is 11.7 Å². The molecule has 3 atom stereocenters. The third kappa shape index (κ3) is 3.54. The largest absolute Gasteiger partial charge is 0.327 e. The van der Waals surface area contributed by atoms with Gasteiger partial charge in [-0.1, -0.05) is 60.2 Å². The quantitative estimate of drug-likeness (QED) is 0.882. The van der Waals surface area contributed by atoms with Gasteiger partial charge in [0.2, 0.25) is 0 Å². The van der Waals surface area contributed by atoms with Gasteiger partial charge in [-0.05, 0) is 55.6 Å². The molecule has 2 aromatic carbocycles. The van der Waals surface area contributed by atoms with Gasteiger partial charge in [0, 0.05) is 6.04 Å². The van der Waals surface area contributed by atoms with Gasteiger partial charge >= 0.3 is 0 Å². The predicted molar refractivity (Wildman–Crippen MR) is 89.4 cm³/mol. The maximum absolute atomic E-state index is 6.40. The zero-order valence-electron chi connectivity index (χ0n) is 12.8. The lowest BCUT2D eigenvalue weighted by molar-refractivity contribution is 0.277. The van der Waals surface area contributed by atoms with Crippen LogP contribution in [0.25, 0.3) is 0 Å². The monoisotopic (exact) mass is 279 g/mol. The summed E-state index contributed by atoms with van der Waals surface area (Å²) in [4.78, 5) is 0. The Morgan fingerprint density at radius 2 is 1.67 bits per heavy atom. The minimum absolute atomic E-state index is 0.353. The smallest absolute Gasteiger partial charge is 0.00707 e. The Hall–Kier alpha value is -1.60. The van der Waals surface area contributed by atoms with Crippen LogP contribution in [0, 0.1) is 12.8 Å². The molecule has 0 spiro atoms. The van der Waals surface area contributed by atoms with Crippen LogP contribution in [-0.4, -0.2) is 6.04 Å². The number of nitrogens with two attached hydrogens (primary N) is 1. The first kappa shape index (κ1) is 14.3. The van der Waals surface area contributed by atoms with Crippen LogP contribution in [0.4, 0.5) is 0 Å². The van der Waals surface area contributed by atoms with Gasteiger partial charge in [-0.15, -0.1) is 0 Å². The minimum Gasteiger partial charge on any atom is -0.327 e. The van der Waals surface area contributed by atoms with Crippen molar-refractivity contribution in [2.45, 2.75) is 44.6 Å². The highest BCUT2D eigenvalue weighted by Gasteiger charge is 2.28. The molecule has 3 rings (SSSR count). The van der Waals surface area contributed by atoms with Crippen molar-refractivity contribution in [3.63, 3.8) is 0 Å². The lowest BCUT2D eigenvalue weighted by Crippen LogP contribution is -2.36. The summed E-state index contributed by atoms with van der Waals surface area (Å²) in [7, 11) is 0. The highest BCUT2D eigenvalue weighted by atomic mass is 14.7. The molecule has 3 unspecified atom stereocenters. The van der Waals surface area contributed by atoms with E-state index in [0.717, 1.165) is 12.8 Å². The molecule has 0 heterocycles. The molecule has 21 heavy (non-hydrogen) atoms. The van der Waals surface area contributed by atoms with E-state index in [0.29, 0.717) is 17.9 Å². The second kappa shape index (κ2) is 6.44. The summed E-state index contributed by atoms with van der Waals surface area (Å²) < 4.78 is 0. The Kier molecular flexibility index (Phi) is 4.40. The second-order valence-electron chi connectivity index (χ2n) is 6.53. The molecule has 1 nitrogen and oxygen atoms in total. The van der Waals surface area contributed by atoms with Crippen LogP contribution in [-0.2, 0) is 6.42 Å². The SMILES string of the molecule is Cc1ccc(CC2CC(c3ccccc3)CCC2N)cc1. The number of aryl methyl sites for hydroxylation is 1. The molecule has 2 aromatic rings. The van der Waals surface area contributed by atoms with E-state index in [4.69, 9.17) is 5.73 Å². The van der Waals surface area contributed by atoms with Crippen molar-refractivity contribution in [3.8, 4) is 0 Å². The molecular formula is C20H25N. The van der Waals surface area contributed by atoms with E-state index in [2.05, 4.69) is 61.5 Å². The number of hydrogen-bond donors (Lipinski definition) is 1. The third-order valence-corrected chi connectivity index (χ3v) is 4.93. The zero-order chi connectivity index (χ0) is 14.7. The molecule has 0 radical (unpaired) electrons. The van der Waals surface area contributed by atoms with Gasteiger partial charge in [0.05, 0.1) is 0 Å². The second-order valence-corrected chi connectivity index (χ2v) is 6.53. The molecule has 1 aliphatic rings. The molecule has 1 aliphatic carbocycles. The van der Waals surface area contributed by atoms with Gasteiger partial charge in [0.25, 0.3) is 0 Å². The van der Waals surface area contributed by atoms with Crippen LogP contribution < -0.4 is 5.73 Å². The van der Waals surface area contributed by atoms with Crippen molar-refractivity contribution in [3.05, 3.63) is 71.3 Å². The summed E-state index contributed by atoms with van der Waals surface area (Å²) >= 11 is 0. The van der Waals surface area contributed by atoms with Crippen molar-refractivity contribution < 1.29 is 0 Å². The maximum atomic E-state index is 6.40. The number of benzene rings is 2. The van der Waals surface area contributed by atoms with Gasteiger partial charge < -0.3 is 5.73 Å². The van der Waals surface area contributed by atoms with Crippen LogP contribution in [0.15, 0.2) is 54.6 Å². The van der Waals surface area contributed by atoms with E-state index in [1.807, 2.05) is 0 Å². The molecule has 0 aromatic heterocycles. The molecule has 0 saturated heterocycles. The van der Waals surface area contributed by atoms with E-state index < -0.39 is 0 Å². The topological polar surface area (TPSA) is 26.0 Å². The zero-order valence-corrected chi connectivity index (χ0v) is 12.8. The van der Waals surface area contributed by atoms with Crippen molar-refractivity contribution >= 4 is 0 Å². The average molecular weight is 279 g/mol. The molecule has 0 amide bonds. The Labute approximate surface area is 128 Å². The maximum Gasteiger partial charge on any atom is 0.00707 e. The number of hydrogen-bond acceptors (Lipinski definition) is 1. The van der Waals surface area contributed by atoms with Gasteiger partial charge in [-0.2, -0.15) is 0 Å². The first-order chi connectivity index (χ1) is 10.2. The molecule has 110 valence electrons. The fourth-order valence-electron chi connectivity index (χ4n) is 3.58. The van der Waals surface area contributed by atoms with E-state index in [9.17, 15) is 0 Å². The van der Waals surface area contributed by atoms with Crippen LogP contribution in [0.3, 0.4) is 0 Å². The van der Waals surface area contributed by atoms with Gasteiger partial charge in [-0.3, -0.25) is 0 Å². The third-order valence-electron chi connectivity index (χ3n) is 4.93. The van der Waals surface area contributed by atoms with Crippen molar-refractivity contribution in [2.75, 3.05) is 0 Å². The number of rotatable bonds is 3. The molecule has 0 bridgehead atoms. The lowest BCUT2D eigenvalue weighted by Gasteiger charge is -2.34. The summed E-state index contributed by atoms with van der Waals surface area (Å²) in [5, 5.41) is 0. The minimum atomic E-state index is 0.353. The van der Waals surface area contributed by atoms with Crippen LogP contribution in [0.2, 0.25) is 0 Å². The van der Waals surface area contributed by atoms with Crippen molar-refractivity contribution in [1.29, 1.82) is 0 Å². The molecule has 0 aliphatic heterocycles. The Balaban J connectivity index is 1.70. The normalized spacial score (nSPS) is 25.7. The Morgan fingerprint density at radius 1 is 0.952 bits per heavy atom. The summed E-state index contributed by atoms with van der Waals surface area (Å²) in [5.41, 5.74) is 10.6. The Bertz CT molecular complexity index is 558. The molecule has 1 heteroatoms. The van der Waals surface area contributed by atoms with Crippen LogP contribution >= 0.6 is 0 Å². The van der Waals surface area contributed by atoms with Crippen molar-refractivity contribution in [1.82, 2.24) is 0 Å². The van der Waals surface area contributed by atoms with E-state index in [-0.39, 0.29) is 0 Å². The summed E-state index contributed by atoms with van der Waals surface area (Å²) in [5.74, 6) is 1.29. The van der Waals surface area contributed by atoms with Crippen LogP contribution in [0.5, 0.6) is 0 Å². The summed E-state index contributed by atoms with van der Waals surface area (Å²) in [6.07, 6.45) is 4.72. The molecule has 1 fully saturated rings. The average Bonchev–Trinajstić information content (AvgIpc) is 2.52. The summed E-state index contributed by atoms with van der Waals surface area (Å²) in [6, 6.07) is 20.2. The predicted octanol–water partition coefficient (Wildman–Crippen LogP) is 4.45. The van der Waals surface area contributed by atoms with Gasteiger partial charge in [0.1, 0.15) is 0 Å². The Morgan fingerprint density at radius 3 is 2.38 bits per heavy atom. The van der Waals surface area contributed by atoms with Crippen LogP contribution in [0.1, 0.15) is 41.9 Å². The van der Waals surface area contributed by atoms with E-state index in [1.54, 1.807) is 0 Å². The highest BCUT2D eigenvalue weighted by Crippen LogP contribution is 2.37. The molecular weight excluding hydrogens is 254 g/mol. The first-order valence-electron chi connectivity index (χ1n) is 8.08. The summed E-state index contributed by atoms with van der Waals surface area (Å²) in [6.45, 7) is 2.14. The lowest BCUT2D eigenvalue weighted by atomic mass is 9.73. The first-order valence-corrected chi connectivity index (χ1v) is 8.08.